The third-order valence-corrected chi connectivity index (χ3v) is 4.52. The first-order valence-electron chi connectivity index (χ1n) is 7.95. The van der Waals surface area contributed by atoms with E-state index in [1.165, 1.54) is 0 Å². The van der Waals surface area contributed by atoms with Gasteiger partial charge in [-0.15, -0.1) is 0 Å². The minimum absolute atomic E-state index is 0.355. The summed E-state index contributed by atoms with van der Waals surface area (Å²) in [6, 6.07) is 15.7. The molecule has 0 aliphatic carbocycles. The molecule has 0 aliphatic heterocycles. The Morgan fingerprint density at radius 1 is 0.536 bits per heavy atom. The van der Waals surface area contributed by atoms with Crippen molar-refractivity contribution in [2.45, 2.75) is 0 Å². The van der Waals surface area contributed by atoms with Crippen LogP contribution < -0.4 is 10.6 Å². The van der Waals surface area contributed by atoms with Gasteiger partial charge in [0.2, 0.25) is 0 Å². The summed E-state index contributed by atoms with van der Waals surface area (Å²) in [6.45, 7) is 0. The number of benzene rings is 3. The molecule has 0 spiro atoms. The predicted octanol–water partition coefficient (Wildman–Crippen LogP) is 6.80. The van der Waals surface area contributed by atoms with E-state index >= 15 is 0 Å². The summed E-state index contributed by atoms with van der Waals surface area (Å²) in [7, 11) is 0. The highest BCUT2D eigenvalue weighted by molar-refractivity contribution is 6.35. The van der Waals surface area contributed by atoms with Crippen LogP contribution in [0.15, 0.2) is 60.7 Å². The normalized spacial score (nSPS) is 10.4. The van der Waals surface area contributed by atoms with Gasteiger partial charge in [-0.05, 0) is 60.7 Å². The van der Waals surface area contributed by atoms with E-state index in [0.29, 0.717) is 42.6 Å². The summed E-state index contributed by atoms with van der Waals surface area (Å²) in [4.78, 5) is 24.7. The molecule has 0 saturated carbocycles. The van der Waals surface area contributed by atoms with E-state index in [0.717, 1.165) is 0 Å². The van der Waals surface area contributed by atoms with Crippen molar-refractivity contribution in [3.63, 3.8) is 0 Å². The first kappa shape index (κ1) is 20.5. The smallest absolute Gasteiger partial charge is 0.255 e. The average molecular weight is 454 g/mol. The second-order valence-electron chi connectivity index (χ2n) is 5.80. The molecule has 0 atom stereocenters. The van der Waals surface area contributed by atoms with Gasteiger partial charge < -0.3 is 10.6 Å². The maximum atomic E-state index is 12.4. The van der Waals surface area contributed by atoms with Gasteiger partial charge in [0.15, 0.2) is 0 Å². The molecule has 2 N–H and O–H groups in total. The minimum atomic E-state index is -0.355. The van der Waals surface area contributed by atoms with E-state index in [1.54, 1.807) is 60.7 Å². The maximum absolute atomic E-state index is 12.4. The third kappa shape index (κ3) is 5.40. The zero-order valence-electron chi connectivity index (χ0n) is 14.1. The molecule has 142 valence electrons. The van der Waals surface area contributed by atoms with Crippen molar-refractivity contribution in [3.8, 4) is 0 Å². The van der Waals surface area contributed by atoms with Gasteiger partial charge in [-0.2, -0.15) is 0 Å². The second kappa shape index (κ2) is 8.84. The summed E-state index contributed by atoms with van der Waals surface area (Å²) in [5, 5.41) is 7.06. The standard InChI is InChI=1S/C20H12Cl4N2O2/c21-13-5-14(22)8-17(7-13)25-19(27)11-1-2-12(4-3-11)20(28)26-18-9-15(23)6-16(24)10-18/h1-10H,(H,25,27)(H,26,28). The minimum Gasteiger partial charge on any atom is -0.322 e. The highest BCUT2D eigenvalue weighted by Crippen LogP contribution is 2.24. The molecule has 0 aromatic heterocycles. The Morgan fingerprint density at radius 2 is 0.821 bits per heavy atom. The first-order valence-corrected chi connectivity index (χ1v) is 9.46. The second-order valence-corrected chi connectivity index (χ2v) is 7.55. The molecular formula is C20H12Cl4N2O2. The number of carbonyl (C=O) groups excluding carboxylic acids is 2. The van der Waals surface area contributed by atoms with E-state index < -0.39 is 0 Å². The molecule has 0 saturated heterocycles. The lowest BCUT2D eigenvalue weighted by Gasteiger charge is -2.08. The Balaban J connectivity index is 1.69. The van der Waals surface area contributed by atoms with Crippen LogP contribution in [-0.2, 0) is 0 Å². The van der Waals surface area contributed by atoms with Crippen molar-refractivity contribution in [1.82, 2.24) is 0 Å². The highest BCUT2D eigenvalue weighted by Gasteiger charge is 2.11. The van der Waals surface area contributed by atoms with Crippen molar-refractivity contribution in [3.05, 3.63) is 91.9 Å². The number of nitrogens with one attached hydrogen (secondary N) is 2. The van der Waals surface area contributed by atoms with Crippen LogP contribution in [0, 0.1) is 0 Å². The van der Waals surface area contributed by atoms with E-state index in [2.05, 4.69) is 10.6 Å². The first-order chi connectivity index (χ1) is 13.3. The van der Waals surface area contributed by atoms with Crippen LogP contribution in [0.3, 0.4) is 0 Å². The fourth-order valence-electron chi connectivity index (χ4n) is 2.43. The van der Waals surface area contributed by atoms with Crippen LogP contribution in [0.25, 0.3) is 0 Å². The number of amides is 2. The van der Waals surface area contributed by atoms with Crippen molar-refractivity contribution in [2.75, 3.05) is 10.6 Å². The highest BCUT2D eigenvalue weighted by atomic mass is 35.5. The molecule has 3 aromatic carbocycles. The van der Waals surface area contributed by atoms with Gasteiger partial charge in [0.1, 0.15) is 0 Å². The lowest BCUT2D eigenvalue weighted by Crippen LogP contribution is -2.14. The maximum Gasteiger partial charge on any atom is 0.255 e. The fourth-order valence-corrected chi connectivity index (χ4v) is 3.48. The van der Waals surface area contributed by atoms with Gasteiger partial charge in [-0.1, -0.05) is 46.4 Å². The Bertz CT molecular complexity index is 928. The van der Waals surface area contributed by atoms with E-state index in [-0.39, 0.29) is 11.8 Å². The van der Waals surface area contributed by atoms with Crippen LogP contribution in [0.1, 0.15) is 20.7 Å². The molecule has 8 heteroatoms. The number of carbonyl (C=O) groups is 2. The summed E-state index contributed by atoms with van der Waals surface area (Å²) in [6.07, 6.45) is 0. The lowest BCUT2D eigenvalue weighted by molar-refractivity contribution is 0.101. The molecular weight excluding hydrogens is 442 g/mol. The van der Waals surface area contributed by atoms with Crippen molar-refractivity contribution in [1.29, 1.82) is 0 Å². The van der Waals surface area contributed by atoms with Crippen LogP contribution in [0.5, 0.6) is 0 Å². The molecule has 3 rings (SSSR count). The zero-order chi connectivity index (χ0) is 20.3. The Morgan fingerprint density at radius 3 is 1.11 bits per heavy atom. The Labute approximate surface area is 181 Å². The van der Waals surface area contributed by atoms with Crippen molar-refractivity contribution < 1.29 is 9.59 Å². The van der Waals surface area contributed by atoms with Gasteiger partial charge in [0, 0.05) is 42.6 Å². The average Bonchev–Trinajstić information content (AvgIpc) is 2.60. The summed E-state index contributed by atoms with van der Waals surface area (Å²) in [5.41, 5.74) is 1.70. The Kier molecular flexibility index (Phi) is 6.47. The number of rotatable bonds is 4. The molecule has 4 nitrogen and oxygen atoms in total. The molecule has 0 radical (unpaired) electrons. The topological polar surface area (TPSA) is 58.2 Å². The van der Waals surface area contributed by atoms with Crippen LogP contribution >= 0.6 is 46.4 Å². The van der Waals surface area contributed by atoms with Crippen molar-refractivity contribution >= 4 is 69.6 Å². The summed E-state index contributed by atoms with van der Waals surface area (Å²) >= 11 is 23.7. The van der Waals surface area contributed by atoms with Gasteiger partial charge in [-0.25, -0.2) is 0 Å². The van der Waals surface area contributed by atoms with E-state index in [4.69, 9.17) is 46.4 Å². The Hall–Kier alpha value is -2.24. The zero-order valence-corrected chi connectivity index (χ0v) is 17.1. The monoisotopic (exact) mass is 452 g/mol. The van der Waals surface area contributed by atoms with Gasteiger partial charge in [0.25, 0.3) is 11.8 Å². The van der Waals surface area contributed by atoms with Gasteiger partial charge in [-0.3, -0.25) is 9.59 Å². The van der Waals surface area contributed by atoms with Gasteiger partial charge in [0.05, 0.1) is 0 Å². The molecule has 0 bridgehead atoms. The summed E-state index contributed by atoms with van der Waals surface area (Å²) < 4.78 is 0. The SMILES string of the molecule is O=C(Nc1cc(Cl)cc(Cl)c1)c1ccc(C(=O)Nc2cc(Cl)cc(Cl)c2)cc1. The van der Waals surface area contributed by atoms with Crippen LogP contribution in [0.4, 0.5) is 11.4 Å². The molecule has 0 heterocycles. The van der Waals surface area contributed by atoms with Gasteiger partial charge >= 0.3 is 0 Å². The molecule has 2 amide bonds. The molecule has 3 aromatic rings. The molecule has 0 fully saturated rings. The largest absolute Gasteiger partial charge is 0.322 e. The summed E-state index contributed by atoms with van der Waals surface area (Å²) in [5.74, 6) is -0.709. The predicted molar refractivity (Wildman–Crippen MR) is 115 cm³/mol. The third-order valence-electron chi connectivity index (χ3n) is 3.65. The van der Waals surface area contributed by atoms with E-state index in [1.807, 2.05) is 0 Å². The fraction of sp³-hybridized carbons (Fsp3) is 0. The quantitative estimate of drug-likeness (QED) is 0.456. The molecule has 28 heavy (non-hydrogen) atoms. The van der Waals surface area contributed by atoms with Crippen molar-refractivity contribution in [2.24, 2.45) is 0 Å². The number of hydrogen-bond acceptors (Lipinski definition) is 2. The number of halogens is 4. The number of hydrogen-bond donors (Lipinski definition) is 2. The number of anilines is 2. The van der Waals surface area contributed by atoms with E-state index in [9.17, 15) is 9.59 Å². The molecule has 0 aliphatic rings. The lowest BCUT2D eigenvalue weighted by atomic mass is 10.1. The molecule has 0 unspecified atom stereocenters. The van der Waals surface area contributed by atoms with Crippen LogP contribution in [0.2, 0.25) is 20.1 Å². The van der Waals surface area contributed by atoms with Crippen LogP contribution in [-0.4, -0.2) is 11.8 Å².